The fraction of sp³-hybridized carbons (Fsp3) is 0.154. The number of anilines is 1. The van der Waals surface area contributed by atoms with Crippen molar-refractivity contribution in [1.29, 1.82) is 0 Å². The Balaban J connectivity index is 2.56. The van der Waals surface area contributed by atoms with E-state index in [1.54, 1.807) is 0 Å². The van der Waals surface area contributed by atoms with Crippen molar-refractivity contribution >= 4 is 11.7 Å². The highest BCUT2D eigenvalue weighted by atomic mass is 19.4. The van der Waals surface area contributed by atoms with Gasteiger partial charge in [0.25, 0.3) is 5.91 Å². The van der Waals surface area contributed by atoms with E-state index in [0.29, 0.717) is 0 Å². The first-order valence-electron chi connectivity index (χ1n) is 5.81. The van der Waals surface area contributed by atoms with Gasteiger partial charge in [-0.2, -0.15) is 13.2 Å². The van der Waals surface area contributed by atoms with E-state index in [0.717, 1.165) is 12.1 Å². The molecule has 0 radical (unpaired) electrons. The minimum atomic E-state index is -4.47. The molecule has 8 heteroatoms. The molecule has 5 nitrogen and oxygen atoms in total. The number of carbonyl (C=O) groups excluding carboxylic acids is 1. The lowest BCUT2D eigenvalue weighted by atomic mass is 10.1. The predicted molar refractivity (Wildman–Crippen MR) is 70.1 cm³/mol. The molecule has 1 heterocycles. The monoisotopic (exact) mass is 296 g/mol. The zero-order valence-corrected chi connectivity index (χ0v) is 10.9. The average Bonchev–Trinajstić information content (AvgIpc) is 2.36. The predicted octanol–water partition coefficient (Wildman–Crippen LogP) is 2.15. The van der Waals surface area contributed by atoms with Gasteiger partial charge in [0.05, 0.1) is 11.3 Å². The molecule has 2 aromatic rings. The van der Waals surface area contributed by atoms with E-state index in [-0.39, 0.29) is 28.5 Å². The van der Waals surface area contributed by atoms with Gasteiger partial charge in [0, 0.05) is 5.56 Å². The van der Waals surface area contributed by atoms with E-state index >= 15 is 0 Å². The van der Waals surface area contributed by atoms with Crippen LogP contribution in [0.3, 0.4) is 0 Å². The summed E-state index contributed by atoms with van der Waals surface area (Å²) in [6.07, 6.45) is -4.47. The Morgan fingerprint density at radius 3 is 2.43 bits per heavy atom. The number of rotatable bonds is 2. The van der Waals surface area contributed by atoms with Crippen LogP contribution < -0.4 is 11.5 Å². The summed E-state index contributed by atoms with van der Waals surface area (Å²) in [5.74, 6) is -0.955. The van der Waals surface area contributed by atoms with Crippen molar-refractivity contribution in [3.63, 3.8) is 0 Å². The zero-order chi connectivity index (χ0) is 15.8. The molecule has 2 rings (SSSR count). The number of carbonyl (C=O) groups is 1. The Bertz CT molecular complexity index is 690. The van der Waals surface area contributed by atoms with Crippen molar-refractivity contribution in [2.75, 3.05) is 5.73 Å². The van der Waals surface area contributed by atoms with Crippen LogP contribution in [0.2, 0.25) is 0 Å². The van der Waals surface area contributed by atoms with Gasteiger partial charge in [0.1, 0.15) is 11.4 Å². The second-order valence-corrected chi connectivity index (χ2v) is 4.34. The third-order valence-electron chi connectivity index (χ3n) is 2.81. The highest BCUT2D eigenvalue weighted by molar-refractivity contribution is 5.98. The summed E-state index contributed by atoms with van der Waals surface area (Å²) < 4.78 is 38.1. The molecule has 0 aliphatic carbocycles. The number of alkyl halides is 3. The van der Waals surface area contributed by atoms with Crippen molar-refractivity contribution < 1.29 is 18.0 Å². The molecule has 0 saturated heterocycles. The summed E-state index contributed by atoms with van der Waals surface area (Å²) in [4.78, 5) is 19.0. The maximum atomic E-state index is 12.7. The van der Waals surface area contributed by atoms with Gasteiger partial charge in [-0.25, -0.2) is 9.97 Å². The molecule has 110 valence electrons. The molecule has 1 aromatic heterocycles. The number of aromatic nitrogens is 2. The summed E-state index contributed by atoms with van der Waals surface area (Å²) >= 11 is 0. The van der Waals surface area contributed by atoms with Gasteiger partial charge in [-0.15, -0.1) is 0 Å². The van der Waals surface area contributed by atoms with Crippen molar-refractivity contribution in [1.82, 2.24) is 9.97 Å². The molecule has 0 saturated carbocycles. The van der Waals surface area contributed by atoms with E-state index in [4.69, 9.17) is 11.5 Å². The van der Waals surface area contributed by atoms with Gasteiger partial charge in [0.15, 0.2) is 5.82 Å². The first-order chi connectivity index (χ1) is 9.70. The highest BCUT2D eigenvalue weighted by Gasteiger charge is 2.30. The van der Waals surface area contributed by atoms with E-state index in [1.165, 1.54) is 19.1 Å². The molecular formula is C13H11F3N4O. The van der Waals surface area contributed by atoms with Gasteiger partial charge in [-0.1, -0.05) is 12.1 Å². The molecule has 4 N–H and O–H groups in total. The molecule has 1 aromatic carbocycles. The van der Waals surface area contributed by atoms with Crippen LogP contribution in [0.15, 0.2) is 24.3 Å². The molecule has 0 fully saturated rings. The lowest BCUT2D eigenvalue weighted by Gasteiger charge is -2.10. The zero-order valence-electron chi connectivity index (χ0n) is 10.9. The number of nitrogens with two attached hydrogens (primary N) is 2. The summed E-state index contributed by atoms with van der Waals surface area (Å²) in [6.45, 7) is 1.48. The van der Waals surface area contributed by atoms with Crippen LogP contribution in [0, 0.1) is 6.92 Å². The van der Waals surface area contributed by atoms with Gasteiger partial charge in [-0.05, 0) is 19.1 Å². The molecule has 0 spiro atoms. The van der Waals surface area contributed by atoms with E-state index in [2.05, 4.69) is 9.97 Å². The number of halogens is 3. The molecule has 0 aliphatic heterocycles. The fourth-order valence-corrected chi connectivity index (χ4v) is 1.86. The number of amides is 1. The summed E-state index contributed by atoms with van der Waals surface area (Å²) in [7, 11) is 0. The second kappa shape index (κ2) is 5.04. The molecule has 21 heavy (non-hydrogen) atoms. The van der Waals surface area contributed by atoms with Crippen LogP contribution >= 0.6 is 0 Å². The normalized spacial score (nSPS) is 11.4. The van der Waals surface area contributed by atoms with Crippen molar-refractivity contribution in [3.8, 4) is 11.4 Å². The van der Waals surface area contributed by atoms with Crippen LogP contribution in [-0.2, 0) is 6.18 Å². The highest BCUT2D eigenvalue weighted by Crippen LogP contribution is 2.31. The summed E-state index contributed by atoms with van der Waals surface area (Å²) in [5.41, 5.74) is 10.3. The van der Waals surface area contributed by atoms with Crippen LogP contribution in [0.1, 0.15) is 21.6 Å². The minimum Gasteiger partial charge on any atom is -0.383 e. The first-order valence-corrected chi connectivity index (χ1v) is 5.81. The van der Waals surface area contributed by atoms with Crippen LogP contribution in [0.5, 0.6) is 0 Å². The van der Waals surface area contributed by atoms with Crippen LogP contribution in [-0.4, -0.2) is 15.9 Å². The van der Waals surface area contributed by atoms with E-state index in [1.807, 2.05) is 0 Å². The molecule has 0 unspecified atom stereocenters. The number of nitrogen functional groups attached to an aromatic ring is 1. The Kier molecular flexibility index (Phi) is 3.54. The number of nitrogens with zero attached hydrogens (tertiary/aromatic N) is 2. The Hall–Kier alpha value is -2.64. The SMILES string of the molecule is Cc1nc(-c2cccc(C(F)(F)F)c2)nc(N)c1C(N)=O. The van der Waals surface area contributed by atoms with E-state index in [9.17, 15) is 18.0 Å². The first kappa shape index (κ1) is 14.8. The van der Waals surface area contributed by atoms with Crippen LogP contribution in [0.25, 0.3) is 11.4 Å². The molecule has 1 amide bonds. The maximum Gasteiger partial charge on any atom is 0.416 e. The van der Waals surface area contributed by atoms with Crippen molar-refractivity contribution in [3.05, 3.63) is 41.1 Å². The van der Waals surface area contributed by atoms with Crippen LogP contribution in [0.4, 0.5) is 19.0 Å². The Morgan fingerprint density at radius 2 is 1.90 bits per heavy atom. The maximum absolute atomic E-state index is 12.7. The minimum absolute atomic E-state index is 0.00102. The van der Waals surface area contributed by atoms with Gasteiger partial charge in [0.2, 0.25) is 0 Å². The molecular weight excluding hydrogens is 285 g/mol. The van der Waals surface area contributed by atoms with Gasteiger partial charge < -0.3 is 11.5 Å². The third kappa shape index (κ3) is 2.93. The number of primary amides is 1. The summed E-state index contributed by atoms with van der Waals surface area (Å²) in [5, 5.41) is 0. The summed E-state index contributed by atoms with van der Waals surface area (Å²) in [6, 6.07) is 4.53. The Morgan fingerprint density at radius 1 is 1.24 bits per heavy atom. The van der Waals surface area contributed by atoms with Gasteiger partial charge >= 0.3 is 6.18 Å². The fourth-order valence-electron chi connectivity index (χ4n) is 1.86. The van der Waals surface area contributed by atoms with Gasteiger partial charge in [-0.3, -0.25) is 4.79 Å². The molecule has 0 atom stereocenters. The quantitative estimate of drug-likeness (QED) is 0.887. The second-order valence-electron chi connectivity index (χ2n) is 4.34. The number of hydrogen-bond acceptors (Lipinski definition) is 4. The molecule has 0 bridgehead atoms. The average molecular weight is 296 g/mol. The van der Waals surface area contributed by atoms with Crippen molar-refractivity contribution in [2.24, 2.45) is 5.73 Å². The smallest absolute Gasteiger partial charge is 0.383 e. The number of benzene rings is 1. The van der Waals surface area contributed by atoms with Crippen molar-refractivity contribution in [2.45, 2.75) is 13.1 Å². The Labute approximate surface area is 117 Å². The number of hydrogen-bond donors (Lipinski definition) is 2. The third-order valence-corrected chi connectivity index (χ3v) is 2.81. The topological polar surface area (TPSA) is 94.9 Å². The number of aryl methyl sites for hydroxylation is 1. The lowest BCUT2D eigenvalue weighted by molar-refractivity contribution is -0.137. The lowest BCUT2D eigenvalue weighted by Crippen LogP contribution is -2.18. The largest absolute Gasteiger partial charge is 0.416 e. The standard InChI is InChI=1S/C13H11F3N4O/c1-6-9(11(18)21)10(17)20-12(19-6)7-3-2-4-8(5-7)13(14,15)16/h2-5H,1H3,(H2,18,21)(H2,17,19,20). The molecule has 0 aliphatic rings. The van der Waals surface area contributed by atoms with E-state index < -0.39 is 17.6 Å².